The van der Waals surface area contributed by atoms with E-state index < -0.39 is 0 Å². The molecule has 0 aliphatic carbocycles. The maximum absolute atomic E-state index is 5.75. The molecule has 4 heteroatoms. The van der Waals surface area contributed by atoms with Gasteiger partial charge in [-0.2, -0.15) is 0 Å². The van der Waals surface area contributed by atoms with Gasteiger partial charge in [0.15, 0.2) is 0 Å². The summed E-state index contributed by atoms with van der Waals surface area (Å²) in [6.45, 7) is 13.9. The van der Waals surface area contributed by atoms with Gasteiger partial charge in [0.05, 0.1) is 6.61 Å². The molecule has 3 aliphatic rings. The molecule has 1 N–H and O–H groups in total. The molecule has 4 nitrogen and oxygen atoms in total. The highest BCUT2D eigenvalue weighted by atomic mass is 16.5. The Hall–Kier alpha value is -0.160. The molecule has 0 saturated carbocycles. The third-order valence-corrected chi connectivity index (χ3v) is 5.53. The molecule has 0 aromatic carbocycles. The van der Waals surface area contributed by atoms with Gasteiger partial charge in [-0.05, 0) is 45.3 Å². The van der Waals surface area contributed by atoms with Crippen LogP contribution in [0.3, 0.4) is 0 Å². The number of nitrogens with one attached hydrogen (secondary N) is 1. The van der Waals surface area contributed by atoms with Gasteiger partial charge < -0.3 is 15.0 Å². The summed E-state index contributed by atoms with van der Waals surface area (Å²) in [4.78, 5) is 5.43. The summed E-state index contributed by atoms with van der Waals surface area (Å²) in [5.74, 6) is 0. The second kappa shape index (κ2) is 6.95. The van der Waals surface area contributed by atoms with Crippen molar-refractivity contribution in [2.45, 2.75) is 51.6 Å². The fraction of sp³-hybridized carbons (Fsp3) is 1.00. The van der Waals surface area contributed by atoms with Crippen molar-refractivity contribution in [1.29, 1.82) is 0 Å². The van der Waals surface area contributed by atoms with Gasteiger partial charge in [-0.3, -0.25) is 4.90 Å². The number of nitrogens with zero attached hydrogens (tertiary/aromatic N) is 2. The highest BCUT2D eigenvalue weighted by Gasteiger charge is 2.39. The van der Waals surface area contributed by atoms with Crippen LogP contribution in [0, 0.1) is 5.41 Å². The zero-order valence-electron chi connectivity index (χ0n) is 13.9. The standard InChI is InChI=1S/C17H33N3O/c1-15(2)18-12-17(6-10-21-14-17)13-19-9-5-16(11-19)20-7-3-4-8-20/h15-16,18H,3-14H2,1-2H3. The molecule has 0 amide bonds. The molecule has 2 atom stereocenters. The monoisotopic (exact) mass is 295 g/mol. The number of likely N-dealkylation sites (tertiary alicyclic amines) is 2. The molecule has 3 fully saturated rings. The average Bonchev–Trinajstić information content (AvgIpc) is 3.18. The van der Waals surface area contributed by atoms with Crippen molar-refractivity contribution in [3.63, 3.8) is 0 Å². The zero-order valence-corrected chi connectivity index (χ0v) is 13.9. The van der Waals surface area contributed by atoms with E-state index in [1.54, 1.807) is 0 Å². The molecule has 3 heterocycles. The van der Waals surface area contributed by atoms with Crippen LogP contribution >= 0.6 is 0 Å². The first-order chi connectivity index (χ1) is 10.2. The highest BCUT2D eigenvalue weighted by molar-refractivity contribution is 4.93. The molecule has 3 aliphatic heterocycles. The lowest BCUT2D eigenvalue weighted by Crippen LogP contribution is -2.46. The van der Waals surface area contributed by atoms with Crippen LogP contribution in [0.1, 0.15) is 39.5 Å². The summed E-state index contributed by atoms with van der Waals surface area (Å²) < 4.78 is 5.75. The van der Waals surface area contributed by atoms with Crippen molar-refractivity contribution in [1.82, 2.24) is 15.1 Å². The topological polar surface area (TPSA) is 27.7 Å². The van der Waals surface area contributed by atoms with Crippen molar-refractivity contribution < 1.29 is 4.74 Å². The Morgan fingerprint density at radius 1 is 1.24 bits per heavy atom. The first-order valence-corrected chi connectivity index (χ1v) is 8.94. The molecular formula is C17H33N3O. The third-order valence-electron chi connectivity index (χ3n) is 5.53. The van der Waals surface area contributed by atoms with E-state index >= 15 is 0 Å². The Kier molecular flexibility index (Phi) is 5.20. The number of rotatable bonds is 6. The zero-order chi connectivity index (χ0) is 14.7. The first kappa shape index (κ1) is 15.7. The van der Waals surface area contributed by atoms with Crippen LogP contribution in [0.5, 0.6) is 0 Å². The van der Waals surface area contributed by atoms with Crippen molar-refractivity contribution in [2.24, 2.45) is 5.41 Å². The molecule has 3 saturated heterocycles. The van der Waals surface area contributed by atoms with Crippen LogP contribution < -0.4 is 5.32 Å². The fourth-order valence-corrected chi connectivity index (χ4v) is 4.23. The van der Waals surface area contributed by atoms with E-state index in [0.29, 0.717) is 11.5 Å². The predicted octanol–water partition coefficient (Wildman–Crippen LogP) is 1.56. The van der Waals surface area contributed by atoms with Crippen LogP contribution in [0.15, 0.2) is 0 Å². The average molecular weight is 295 g/mol. The van der Waals surface area contributed by atoms with Gasteiger partial charge in [-0.1, -0.05) is 13.8 Å². The molecule has 0 radical (unpaired) electrons. The summed E-state index contributed by atoms with van der Waals surface area (Å²) >= 11 is 0. The van der Waals surface area contributed by atoms with Crippen molar-refractivity contribution >= 4 is 0 Å². The second-order valence-corrected chi connectivity index (χ2v) is 7.76. The van der Waals surface area contributed by atoms with Gasteiger partial charge in [0.1, 0.15) is 0 Å². The van der Waals surface area contributed by atoms with Crippen molar-refractivity contribution in [3.8, 4) is 0 Å². The predicted molar refractivity (Wildman–Crippen MR) is 86.7 cm³/mol. The lowest BCUT2D eigenvalue weighted by atomic mass is 9.86. The van der Waals surface area contributed by atoms with Crippen molar-refractivity contribution in [3.05, 3.63) is 0 Å². The molecular weight excluding hydrogens is 262 g/mol. The van der Waals surface area contributed by atoms with Gasteiger partial charge in [0, 0.05) is 43.7 Å². The van der Waals surface area contributed by atoms with E-state index in [4.69, 9.17) is 4.74 Å². The quantitative estimate of drug-likeness (QED) is 0.805. The number of hydrogen-bond acceptors (Lipinski definition) is 4. The van der Waals surface area contributed by atoms with E-state index in [-0.39, 0.29) is 0 Å². The fourth-order valence-electron chi connectivity index (χ4n) is 4.23. The van der Waals surface area contributed by atoms with Crippen LogP contribution in [-0.2, 0) is 4.74 Å². The maximum atomic E-state index is 5.75. The summed E-state index contributed by atoms with van der Waals surface area (Å²) in [5.41, 5.74) is 0.351. The molecule has 122 valence electrons. The van der Waals surface area contributed by atoms with Crippen LogP contribution in [0.2, 0.25) is 0 Å². The molecule has 0 aromatic heterocycles. The largest absolute Gasteiger partial charge is 0.381 e. The Bertz CT molecular complexity index is 322. The second-order valence-electron chi connectivity index (χ2n) is 7.76. The summed E-state index contributed by atoms with van der Waals surface area (Å²) in [6, 6.07) is 1.39. The highest BCUT2D eigenvalue weighted by Crippen LogP contribution is 2.31. The smallest absolute Gasteiger partial charge is 0.0547 e. The van der Waals surface area contributed by atoms with E-state index in [9.17, 15) is 0 Å². The van der Waals surface area contributed by atoms with Gasteiger partial charge in [0.2, 0.25) is 0 Å². The first-order valence-electron chi connectivity index (χ1n) is 8.94. The molecule has 2 unspecified atom stereocenters. The lowest BCUT2D eigenvalue weighted by molar-refractivity contribution is 0.112. The Balaban J connectivity index is 1.51. The van der Waals surface area contributed by atoms with E-state index in [0.717, 1.165) is 25.8 Å². The number of hydrogen-bond donors (Lipinski definition) is 1. The molecule has 21 heavy (non-hydrogen) atoms. The van der Waals surface area contributed by atoms with E-state index in [1.807, 2.05) is 0 Å². The minimum atomic E-state index is 0.351. The summed E-state index contributed by atoms with van der Waals surface area (Å²) in [7, 11) is 0. The lowest BCUT2D eigenvalue weighted by Gasteiger charge is -2.33. The summed E-state index contributed by atoms with van der Waals surface area (Å²) in [6.07, 6.45) is 5.41. The molecule has 0 bridgehead atoms. The van der Waals surface area contributed by atoms with Crippen LogP contribution in [0.25, 0.3) is 0 Å². The minimum Gasteiger partial charge on any atom is -0.381 e. The minimum absolute atomic E-state index is 0.351. The Morgan fingerprint density at radius 2 is 2.05 bits per heavy atom. The third kappa shape index (κ3) is 3.98. The Morgan fingerprint density at radius 3 is 2.71 bits per heavy atom. The van der Waals surface area contributed by atoms with Gasteiger partial charge in [0.25, 0.3) is 0 Å². The van der Waals surface area contributed by atoms with Gasteiger partial charge in [-0.25, -0.2) is 0 Å². The number of ether oxygens (including phenoxy) is 1. The van der Waals surface area contributed by atoms with E-state index in [2.05, 4.69) is 29.0 Å². The van der Waals surface area contributed by atoms with E-state index in [1.165, 1.54) is 58.4 Å². The van der Waals surface area contributed by atoms with Gasteiger partial charge in [-0.15, -0.1) is 0 Å². The van der Waals surface area contributed by atoms with Crippen LogP contribution in [-0.4, -0.2) is 74.4 Å². The van der Waals surface area contributed by atoms with Crippen molar-refractivity contribution in [2.75, 3.05) is 52.5 Å². The molecule has 3 rings (SSSR count). The Labute approximate surface area is 130 Å². The SMILES string of the molecule is CC(C)NCC1(CN2CCC(N3CCCC3)C2)CCOC1. The normalized spacial score (nSPS) is 35.3. The van der Waals surface area contributed by atoms with Crippen LogP contribution in [0.4, 0.5) is 0 Å². The summed E-state index contributed by atoms with van der Waals surface area (Å²) in [5, 5.41) is 3.65. The van der Waals surface area contributed by atoms with Gasteiger partial charge >= 0.3 is 0 Å². The molecule has 0 spiro atoms. The maximum Gasteiger partial charge on any atom is 0.0547 e. The molecule has 0 aromatic rings.